The molecule has 1 heterocycles. The van der Waals surface area contributed by atoms with Crippen molar-refractivity contribution in [3.63, 3.8) is 0 Å². The Morgan fingerprint density at radius 3 is 2.70 bits per heavy atom. The van der Waals surface area contributed by atoms with Crippen molar-refractivity contribution < 1.29 is 9.90 Å². The zero-order chi connectivity index (χ0) is 16.8. The highest BCUT2D eigenvalue weighted by Crippen LogP contribution is 2.32. The zero-order valence-electron chi connectivity index (χ0n) is 14.4. The first-order valence-corrected chi connectivity index (χ1v) is 8.98. The molecule has 2 unspecified atom stereocenters. The van der Waals surface area contributed by atoms with Crippen LogP contribution in [0.2, 0.25) is 0 Å². The summed E-state index contributed by atoms with van der Waals surface area (Å²) in [6.07, 6.45) is 10.9. The smallest absolute Gasteiger partial charge is 0.306 e. The third-order valence-corrected chi connectivity index (χ3v) is 5.40. The van der Waals surface area contributed by atoms with E-state index in [0.29, 0.717) is 25.4 Å². The number of nitrogens with zero attached hydrogens (tertiary/aromatic N) is 2. The highest BCUT2D eigenvalue weighted by Gasteiger charge is 2.24. The minimum atomic E-state index is -0.738. The van der Waals surface area contributed by atoms with Crippen molar-refractivity contribution in [2.45, 2.75) is 64.8 Å². The summed E-state index contributed by atoms with van der Waals surface area (Å²) >= 11 is 0. The fraction of sp³-hybridized carbons (Fsp3) is 0.778. The van der Waals surface area contributed by atoms with Gasteiger partial charge in [-0.05, 0) is 50.5 Å². The van der Waals surface area contributed by atoms with E-state index in [0.717, 1.165) is 18.0 Å². The van der Waals surface area contributed by atoms with Gasteiger partial charge in [-0.2, -0.15) is 0 Å². The molecule has 1 aliphatic rings. The van der Waals surface area contributed by atoms with Crippen molar-refractivity contribution >= 4 is 5.97 Å². The van der Waals surface area contributed by atoms with Gasteiger partial charge in [0, 0.05) is 18.7 Å². The maximum absolute atomic E-state index is 11.5. The van der Waals surface area contributed by atoms with Gasteiger partial charge in [0.15, 0.2) is 0 Å². The normalized spacial score (nSPS) is 24.3. The van der Waals surface area contributed by atoms with Gasteiger partial charge in [0.2, 0.25) is 0 Å². The third kappa shape index (κ3) is 5.06. The lowest BCUT2D eigenvalue weighted by molar-refractivity contribution is -0.142. The molecule has 2 atom stereocenters. The number of carboxylic acids is 1. The lowest BCUT2D eigenvalue weighted by Gasteiger charge is -2.26. The van der Waals surface area contributed by atoms with E-state index in [1.807, 2.05) is 6.33 Å². The number of carbonyl (C=O) groups is 1. The molecule has 0 saturated heterocycles. The second-order valence-corrected chi connectivity index (χ2v) is 7.21. The Morgan fingerprint density at radius 1 is 1.43 bits per heavy atom. The van der Waals surface area contributed by atoms with Crippen molar-refractivity contribution in [1.29, 1.82) is 0 Å². The van der Waals surface area contributed by atoms with Crippen molar-refractivity contribution in [2.75, 3.05) is 6.54 Å². The Labute approximate surface area is 139 Å². The largest absolute Gasteiger partial charge is 0.481 e. The average molecular weight is 321 g/mol. The Hall–Kier alpha value is -1.36. The Morgan fingerprint density at radius 2 is 2.13 bits per heavy atom. The second kappa shape index (κ2) is 8.48. The number of imidazole rings is 1. The van der Waals surface area contributed by atoms with E-state index < -0.39 is 11.9 Å². The standard InChI is InChI=1S/C18H31N3O2/c1-3-14(10-19)8-15(18(22)23)9-16-11-21(12-20-16)17-6-4-13(2)5-7-17/h11-15,17H,3-10,19H2,1-2H3,(H,22,23)/t13-,14?,15?,17-. The predicted molar refractivity (Wildman–Crippen MR) is 91.2 cm³/mol. The number of aliphatic carboxylic acids is 1. The fourth-order valence-electron chi connectivity index (χ4n) is 3.58. The molecule has 0 amide bonds. The molecule has 5 heteroatoms. The molecule has 0 radical (unpaired) electrons. The summed E-state index contributed by atoms with van der Waals surface area (Å²) < 4.78 is 2.19. The van der Waals surface area contributed by atoms with E-state index in [2.05, 4.69) is 29.6 Å². The quantitative estimate of drug-likeness (QED) is 0.770. The molecular formula is C18H31N3O2. The zero-order valence-corrected chi connectivity index (χ0v) is 14.4. The second-order valence-electron chi connectivity index (χ2n) is 7.21. The van der Waals surface area contributed by atoms with Gasteiger partial charge in [-0.3, -0.25) is 4.79 Å². The molecule has 0 aromatic carbocycles. The number of hydrogen-bond donors (Lipinski definition) is 2. The van der Waals surface area contributed by atoms with Crippen LogP contribution in [0.5, 0.6) is 0 Å². The van der Waals surface area contributed by atoms with E-state index in [9.17, 15) is 9.90 Å². The van der Waals surface area contributed by atoms with Crippen molar-refractivity contribution in [1.82, 2.24) is 9.55 Å². The van der Waals surface area contributed by atoms with Crippen LogP contribution in [0.25, 0.3) is 0 Å². The Kier molecular flexibility index (Phi) is 6.63. The summed E-state index contributed by atoms with van der Waals surface area (Å²) in [6.45, 7) is 4.93. The highest BCUT2D eigenvalue weighted by molar-refractivity contribution is 5.70. The summed E-state index contributed by atoms with van der Waals surface area (Å²) in [6, 6.07) is 0.531. The molecule has 0 bridgehead atoms. The molecule has 130 valence electrons. The minimum Gasteiger partial charge on any atom is -0.481 e. The highest BCUT2D eigenvalue weighted by atomic mass is 16.4. The van der Waals surface area contributed by atoms with Crippen molar-refractivity contribution in [3.8, 4) is 0 Å². The van der Waals surface area contributed by atoms with Crippen LogP contribution in [-0.4, -0.2) is 27.2 Å². The third-order valence-electron chi connectivity index (χ3n) is 5.40. The number of carboxylic acid groups (broad SMARTS) is 1. The fourth-order valence-corrected chi connectivity index (χ4v) is 3.58. The number of hydrogen-bond acceptors (Lipinski definition) is 3. The molecular weight excluding hydrogens is 290 g/mol. The minimum absolute atomic E-state index is 0.276. The first kappa shape index (κ1) is 18.0. The molecule has 5 nitrogen and oxygen atoms in total. The van der Waals surface area contributed by atoms with Gasteiger partial charge in [-0.15, -0.1) is 0 Å². The van der Waals surface area contributed by atoms with Gasteiger partial charge in [0.1, 0.15) is 0 Å². The molecule has 1 fully saturated rings. The van der Waals surface area contributed by atoms with Gasteiger partial charge >= 0.3 is 5.97 Å². The van der Waals surface area contributed by atoms with Crippen LogP contribution < -0.4 is 5.73 Å². The molecule has 1 aromatic rings. The van der Waals surface area contributed by atoms with Crippen LogP contribution in [0.3, 0.4) is 0 Å². The maximum Gasteiger partial charge on any atom is 0.306 e. The van der Waals surface area contributed by atoms with Gasteiger partial charge in [-0.1, -0.05) is 20.3 Å². The summed E-state index contributed by atoms with van der Waals surface area (Å²) in [5.41, 5.74) is 6.62. The molecule has 23 heavy (non-hydrogen) atoms. The first-order chi connectivity index (χ1) is 11.0. The van der Waals surface area contributed by atoms with Crippen LogP contribution in [0.15, 0.2) is 12.5 Å². The van der Waals surface area contributed by atoms with E-state index in [1.165, 1.54) is 25.7 Å². The molecule has 1 aromatic heterocycles. The van der Waals surface area contributed by atoms with Crippen LogP contribution in [0, 0.1) is 17.8 Å². The van der Waals surface area contributed by atoms with Crippen LogP contribution in [0.1, 0.15) is 64.1 Å². The van der Waals surface area contributed by atoms with Gasteiger partial charge < -0.3 is 15.4 Å². The molecule has 0 spiro atoms. The van der Waals surface area contributed by atoms with Crippen LogP contribution in [-0.2, 0) is 11.2 Å². The first-order valence-electron chi connectivity index (χ1n) is 8.98. The van der Waals surface area contributed by atoms with Gasteiger partial charge in [0.25, 0.3) is 0 Å². The van der Waals surface area contributed by atoms with E-state index in [4.69, 9.17) is 5.73 Å². The summed E-state index contributed by atoms with van der Waals surface area (Å²) in [5, 5.41) is 9.48. The van der Waals surface area contributed by atoms with Gasteiger partial charge in [0.05, 0.1) is 17.9 Å². The number of rotatable bonds is 8. The Balaban J connectivity index is 1.97. The number of nitrogens with two attached hydrogens (primary N) is 1. The topological polar surface area (TPSA) is 81.1 Å². The molecule has 1 saturated carbocycles. The molecule has 1 aliphatic carbocycles. The average Bonchev–Trinajstić information content (AvgIpc) is 3.00. The van der Waals surface area contributed by atoms with Gasteiger partial charge in [-0.25, -0.2) is 4.98 Å². The van der Waals surface area contributed by atoms with Crippen LogP contribution >= 0.6 is 0 Å². The summed E-state index contributed by atoms with van der Waals surface area (Å²) in [5.74, 6) is -0.0259. The maximum atomic E-state index is 11.5. The summed E-state index contributed by atoms with van der Waals surface area (Å²) in [4.78, 5) is 16.0. The van der Waals surface area contributed by atoms with Crippen molar-refractivity contribution in [2.24, 2.45) is 23.5 Å². The van der Waals surface area contributed by atoms with E-state index >= 15 is 0 Å². The van der Waals surface area contributed by atoms with E-state index in [-0.39, 0.29) is 5.92 Å². The SMILES string of the molecule is CCC(CN)CC(Cc1cn([C@H]2CC[C@H](C)CC2)cn1)C(=O)O. The predicted octanol–water partition coefficient (Wildman–Crippen LogP) is 3.25. The van der Waals surface area contributed by atoms with E-state index in [1.54, 1.807) is 0 Å². The summed E-state index contributed by atoms with van der Waals surface area (Å²) in [7, 11) is 0. The Bertz CT molecular complexity index is 488. The number of aromatic nitrogens is 2. The molecule has 0 aliphatic heterocycles. The monoisotopic (exact) mass is 321 g/mol. The lowest BCUT2D eigenvalue weighted by Crippen LogP contribution is -2.24. The molecule has 2 rings (SSSR count). The van der Waals surface area contributed by atoms with Crippen LogP contribution in [0.4, 0.5) is 0 Å². The lowest BCUT2D eigenvalue weighted by atomic mass is 9.87. The van der Waals surface area contributed by atoms with Crippen molar-refractivity contribution in [3.05, 3.63) is 18.2 Å². The molecule has 3 N–H and O–H groups in total.